The molecule has 9 nitrogen and oxygen atoms in total. The molecule has 1 N–H and O–H groups in total. The summed E-state index contributed by atoms with van der Waals surface area (Å²) < 4.78 is 12.1. The molecule has 1 spiro atoms. The van der Waals surface area contributed by atoms with Gasteiger partial charge in [0.15, 0.2) is 0 Å². The molecule has 0 radical (unpaired) electrons. The summed E-state index contributed by atoms with van der Waals surface area (Å²) in [6, 6.07) is 16.4. The van der Waals surface area contributed by atoms with Crippen molar-refractivity contribution in [1.29, 1.82) is 0 Å². The van der Waals surface area contributed by atoms with Gasteiger partial charge < -0.3 is 19.5 Å². The van der Waals surface area contributed by atoms with Gasteiger partial charge in [-0.15, -0.1) is 0 Å². The minimum atomic E-state index is -0.981. The molecule has 2 aliphatic carbocycles. The number of aliphatic carboxylic acids is 1. The minimum Gasteiger partial charge on any atom is -0.481 e. The fourth-order valence-corrected chi connectivity index (χ4v) is 6.92. The molecule has 1 amide bonds. The topological polar surface area (TPSA) is 125 Å². The van der Waals surface area contributed by atoms with Gasteiger partial charge in [0.1, 0.15) is 12.0 Å². The Kier molecular flexibility index (Phi) is 4.85. The van der Waals surface area contributed by atoms with E-state index in [1.54, 1.807) is 4.90 Å². The van der Waals surface area contributed by atoms with Crippen molar-refractivity contribution in [3.05, 3.63) is 70.1 Å². The van der Waals surface area contributed by atoms with Crippen molar-refractivity contribution in [2.45, 2.75) is 42.8 Å². The van der Waals surface area contributed by atoms with Crippen LogP contribution in [0.3, 0.4) is 0 Å². The predicted octanol–water partition coefficient (Wildman–Crippen LogP) is 4.71. The molecule has 2 aromatic carbocycles. The zero-order chi connectivity index (χ0) is 24.3. The molecule has 35 heavy (non-hydrogen) atoms. The summed E-state index contributed by atoms with van der Waals surface area (Å²) in [5.74, 6) is -0.884. The highest BCUT2D eigenvalue weighted by molar-refractivity contribution is 5.80. The lowest BCUT2D eigenvalue weighted by Crippen LogP contribution is -2.58. The Balaban J connectivity index is 1.13. The zero-order valence-electron chi connectivity index (χ0n) is 19.2. The van der Waals surface area contributed by atoms with E-state index in [4.69, 9.17) is 15.0 Å². The van der Waals surface area contributed by atoms with Crippen molar-refractivity contribution in [3.8, 4) is 11.1 Å². The van der Waals surface area contributed by atoms with Crippen LogP contribution < -0.4 is 0 Å². The Labute approximate surface area is 202 Å². The van der Waals surface area contributed by atoms with Crippen molar-refractivity contribution >= 4 is 12.1 Å². The second-order valence-electron chi connectivity index (χ2n) is 10.2. The summed E-state index contributed by atoms with van der Waals surface area (Å²) in [7, 11) is 0. The van der Waals surface area contributed by atoms with E-state index < -0.39 is 22.6 Å². The number of benzene rings is 2. The third-order valence-corrected chi connectivity index (χ3v) is 8.53. The molecule has 0 aromatic heterocycles. The number of hydrogen-bond donors (Lipinski definition) is 1. The molecule has 9 heteroatoms. The number of carboxylic acids is 1. The number of likely N-dealkylation sites (tertiary alicyclic amines) is 1. The van der Waals surface area contributed by atoms with Crippen LogP contribution in [0, 0.1) is 5.41 Å². The number of rotatable bonds is 5. The van der Waals surface area contributed by atoms with E-state index in [0.29, 0.717) is 38.8 Å². The van der Waals surface area contributed by atoms with E-state index in [2.05, 4.69) is 34.3 Å². The second-order valence-corrected chi connectivity index (χ2v) is 10.2. The highest BCUT2D eigenvalue weighted by Gasteiger charge is 2.78. The molecule has 4 fully saturated rings. The summed E-state index contributed by atoms with van der Waals surface area (Å²) in [5.41, 5.74) is 10.8. The Morgan fingerprint density at radius 2 is 1.69 bits per heavy atom. The number of piperidine rings is 1. The molecule has 3 saturated heterocycles. The lowest BCUT2D eigenvalue weighted by molar-refractivity contribution is -0.160. The largest absolute Gasteiger partial charge is 0.481 e. The lowest BCUT2D eigenvalue weighted by atomic mass is 9.54. The molecule has 0 atom stereocenters. The summed E-state index contributed by atoms with van der Waals surface area (Å²) in [6.45, 7) is 1.11. The molecule has 0 unspecified atom stereocenters. The van der Waals surface area contributed by atoms with Crippen molar-refractivity contribution in [2.24, 2.45) is 10.5 Å². The van der Waals surface area contributed by atoms with Crippen LogP contribution in [0.15, 0.2) is 53.6 Å². The molecule has 180 valence electrons. The van der Waals surface area contributed by atoms with E-state index in [1.165, 1.54) is 11.1 Å². The highest BCUT2D eigenvalue weighted by atomic mass is 16.6. The molecule has 2 bridgehead atoms. The maximum Gasteiger partial charge on any atom is 0.409 e. The maximum atomic E-state index is 13.0. The second kappa shape index (κ2) is 7.73. The first-order valence-electron chi connectivity index (χ1n) is 12.0. The van der Waals surface area contributed by atoms with Crippen LogP contribution in [-0.2, 0) is 14.3 Å². The summed E-state index contributed by atoms with van der Waals surface area (Å²) in [6.07, 6.45) is 1.14. The van der Waals surface area contributed by atoms with Gasteiger partial charge >= 0.3 is 12.1 Å². The zero-order valence-corrected chi connectivity index (χ0v) is 19.2. The number of azide groups is 1. The van der Waals surface area contributed by atoms with Crippen molar-refractivity contribution < 1.29 is 24.2 Å². The summed E-state index contributed by atoms with van der Waals surface area (Å²) in [4.78, 5) is 29.7. The van der Waals surface area contributed by atoms with Gasteiger partial charge in [0, 0.05) is 23.9 Å². The maximum absolute atomic E-state index is 13.0. The van der Waals surface area contributed by atoms with Crippen molar-refractivity contribution in [2.75, 3.05) is 26.2 Å². The van der Waals surface area contributed by atoms with Crippen molar-refractivity contribution in [1.82, 2.24) is 4.90 Å². The van der Waals surface area contributed by atoms with Gasteiger partial charge in [-0.05, 0) is 53.5 Å². The van der Waals surface area contributed by atoms with E-state index in [1.807, 2.05) is 24.3 Å². The molecule has 3 aliphatic heterocycles. The van der Waals surface area contributed by atoms with Crippen LogP contribution in [0.2, 0.25) is 0 Å². The van der Waals surface area contributed by atoms with Crippen LogP contribution in [0.1, 0.15) is 42.7 Å². The highest BCUT2D eigenvalue weighted by Crippen LogP contribution is 2.69. The van der Waals surface area contributed by atoms with E-state index in [0.717, 1.165) is 11.1 Å². The normalized spacial score (nSPS) is 27.5. The first-order chi connectivity index (χ1) is 16.9. The van der Waals surface area contributed by atoms with Gasteiger partial charge in [-0.2, -0.15) is 0 Å². The van der Waals surface area contributed by atoms with Gasteiger partial charge in [0.05, 0.1) is 17.7 Å². The number of nitrogens with zero attached hydrogens (tertiary/aromatic N) is 4. The lowest BCUT2D eigenvalue weighted by Gasteiger charge is -2.47. The van der Waals surface area contributed by atoms with E-state index in [9.17, 15) is 14.7 Å². The Hall–Kier alpha value is -3.55. The van der Waals surface area contributed by atoms with Crippen molar-refractivity contribution in [3.63, 3.8) is 0 Å². The number of ether oxygens (including phenoxy) is 2. The number of carbonyl (C=O) groups excluding carboxylic acids is 1. The standard InChI is InChI=1S/C26H26N4O5/c27-29-28-16-24-14-25(15-24,22(31)32)26(35-24)9-11-30(12-10-26)23(33)34-13-21-19-7-3-1-5-17(19)18-6-2-4-8-20(18)21/h1-8,21H,9-16H2,(H,31,32). The number of amides is 1. The SMILES string of the molecule is [N-]=[N+]=NCC12CC(C(=O)O)(C1)C1(CCN(C(=O)OCC3c4ccccc4-c4ccccc43)CC1)O2. The summed E-state index contributed by atoms with van der Waals surface area (Å²) in [5, 5.41) is 13.7. The van der Waals surface area contributed by atoms with Gasteiger partial charge in [-0.25, -0.2) is 4.79 Å². The molecular formula is C26H26N4O5. The quantitative estimate of drug-likeness (QED) is 0.382. The van der Waals surface area contributed by atoms with Crippen LogP contribution in [0.4, 0.5) is 4.79 Å². The number of carbonyl (C=O) groups is 2. The van der Waals surface area contributed by atoms with Crippen LogP contribution >= 0.6 is 0 Å². The van der Waals surface area contributed by atoms with E-state index >= 15 is 0 Å². The number of carboxylic acid groups (broad SMARTS) is 1. The fourth-order valence-electron chi connectivity index (χ4n) is 6.92. The molecule has 7 rings (SSSR count). The first kappa shape index (κ1) is 21.9. The Bertz CT molecular complexity index is 1210. The number of fused-ring (bicyclic) bond motifs is 3. The van der Waals surface area contributed by atoms with Gasteiger partial charge in [-0.3, -0.25) is 4.79 Å². The first-order valence-corrected chi connectivity index (χ1v) is 12.0. The van der Waals surface area contributed by atoms with E-state index in [-0.39, 0.29) is 25.2 Å². The third-order valence-electron chi connectivity index (χ3n) is 8.53. The molecular weight excluding hydrogens is 448 g/mol. The third kappa shape index (κ3) is 3.08. The monoisotopic (exact) mass is 474 g/mol. The van der Waals surface area contributed by atoms with Gasteiger partial charge in [-0.1, -0.05) is 53.6 Å². The van der Waals surface area contributed by atoms with Gasteiger partial charge in [0.25, 0.3) is 0 Å². The molecule has 2 aromatic rings. The smallest absolute Gasteiger partial charge is 0.409 e. The molecule has 3 heterocycles. The Morgan fingerprint density at radius 3 is 2.26 bits per heavy atom. The van der Waals surface area contributed by atoms with Crippen LogP contribution in [0.25, 0.3) is 21.6 Å². The van der Waals surface area contributed by atoms with Gasteiger partial charge in [0.2, 0.25) is 0 Å². The minimum absolute atomic E-state index is 0.0105. The molecule has 1 saturated carbocycles. The average molecular weight is 475 g/mol. The summed E-state index contributed by atoms with van der Waals surface area (Å²) >= 11 is 0. The average Bonchev–Trinajstić information content (AvgIpc) is 3.42. The van der Waals surface area contributed by atoms with Crippen LogP contribution in [0.5, 0.6) is 0 Å². The predicted molar refractivity (Wildman–Crippen MR) is 126 cm³/mol. The number of hydrogen-bond acceptors (Lipinski definition) is 5. The Morgan fingerprint density at radius 1 is 1.09 bits per heavy atom. The fraction of sp³-hybridized carbons (Fsp3) is 0.462. The molecule has 5 aliphatic rings. The van der Waals surface area contributed by atoms with Crippen LogP contribution in [-0.4, -0.2) is 59.5 Å².